The van der Waals surface area contributed by atoms with Crippen molar-refractivity contribution >= 4 is 21.7 Å². The molecule has 1 aliphatic heterocycles. The van der Waals surface area contributed by atoms with Crippen LogP contribution in [-0.4, -0.2) is 38.4 Å². The fraction of sp³-hybridized carbons (Fsp3) is 0.524. The molecule has 2 N–H and O–H groups in total. The normalized spacial score (nSPS) is 15.5. The number of carbonyl (C=O) groups excluding carboxylic acids is 1. The maximum Gasteiger partial charge on any atom is 0.242 e. The fourth-order valence-electron chi connectivity index (χ4n) is 3.56. The molecule has 0 saturated carbocycles. The first kappa shape index (κ1) is 22.3. The minimum atomic E-state index is -3.57. The highest BCUT2D eigenvalue weighted by Crippen LogP contribution is 2.23. The number of piperidine rings is 1. The van der Waals surface area contributed by atoms with Gasteiger partial charge in [-0.15, -0.1) is 0 Å². The van der Waals surface area contributed by atoms with E-state index in [1.54, 1.807) is 24.5 Å². The van der Waals surface area contributed by atoms with Gasteiger partial charge in [0.25, 0.3) is 0 Å². The third-order valence-electron chi connectivity index (χ3n) is 5.55. The number of amides is 1. The fourth-order valence-corrected chi connectivity index (χ4v) is 4.91. The van der Waals surface area contributed by atoms with Crippen molar-refractivity contribution in [1.82, 2.24) is 15.0 Å². The van der Waals surface area contributed by atoms with Crippen LogP contribution in [0.2, 0.25) is 0 Å². The highest BCUT2D eigenvalue weighted by Gasteiger charge is 2.26. The average Bonchev–Trinajstić information content (AvgIpc) is 3.30. The van der Waals surface area contributed by atoms with Crippen molar-refractivity contribution in [3.8, 4) is 0 Å². The second kappa shape index (κ2) is 10.1. The van der Waals surface area contributed by atoms with Crippen LogP contribution in [0.5, 0.6) is 0 Å². The summed E-state index contributed by atoms with van der Waals surface area (Å²) in [5.41, 5.74) is 0. The summed E-state index contributed by atoms with van der Waals surface area (Å²) in [5, 5.41) is 2.92. The number of sulfonamides is 1. The lowest BCUT2D eigenvalue weighted by molar-refractivity contribution is -0.125. The molecule has 1 amide bonds. The molecule has 0 unspecified atom stereocenters. The molecule has 0 atom stereocenters. The summed E-state index contributed by atoms with van der Waals surface area (Å²) in [5.74, 6) is 1.46. The van der Waals surface area contributed by atoms with Crippen molar-refractivity contribution < 1.29 is 17.6 Å². The standard InChI is InChI=1S/C21H30N4O4S/c1-3-17(4-2)24-30(27,28)19-7-8-20(22-15-19)25-11-9-16(10-12-25)21(26)23-14-18-6-5-13-29-18/h5-8,13,15-17,24H,3-4,9-12,14H2,1-2H3,(H,23,26). The van der Waals surface area contributed by atoms with E-state index in [4.69, 9.17) is 4.42 Å². The zero-order valence-corrected chi connectivity index (χ0v) is 18.3. The van der Waals surface area contributed by atoms with Crippen LogP contribution in [0.15, 0.2) is 46.0 Å². The molecule has 2 aromatic heterocycles. The van der Waals surface area contributed by atoms with Gasteiger partial charge in [0.05, 0.1) is 12.8 Å². The first-order chi connectivity index (χ1) is 14.4. The molecule has 0 radical (unpaired) electrons. The maximum absolute atomic E-state index is 12.5. The van der Waals surface area contributed by atoms with Gasteiger partial charge in [0.2, 0.25) is 15.9 Å². The van der Waals surface area contributed by atoms with Crippen molar-refractivity contribution in [3.63, 3.8) is 0 Å². The molecule has 0 bridgehead atoms. The Kier molecular flexibility index (Phi) is 7.49. The molecule has 30 heavy (non-hydrogen) atoms. The van der Waals surface area contributed by atoms with Gasteiger partial charge >= 0.3 is 0 Å². The number of hydrogen-bond acceptors (Lipinski definition) is 6. The van der Waals surface area contributed by atoms with Crippen LogP contribution >= 0.6 is 0 Å². The van der Waals surface area contributed by atoms with E-state index in [0.717, 1.165) is 37.3 Å². The molecule has 0 aromatic carbocycles. The Hall–Kier alpha value is -2.39. The highest BCUT2D eigenvalue weighted by atomic mass is 32.2. The van der Waals surface area contributed by atoms with E-state index >= 15 is 0 Å². The van der Waals surface area contributed by atoms with Crippen molar-refractivity contribution in [2.75, 3.05) is 18.0 Å². The lowest BCUT2D eigenvalue weighted by Gasteiger charge is -2.32. The monoisotopic (exact) mass is 434 g/mol. The molecule has 3 heterocycles. The summed E-state index contributed by atoms with van der Waals surface area (Å²) < 4.78 is 32.9. The van der Waals surface area contributed by atoms with Crippen LogP contribution in [0, 0.1) is 5.92 Å². The van der Waals surface area contributed by atoms with E-state index in [1.165, 1.54) is 6.20 Å². The molecule has 8 nitrogen and oxygen atoms in total. The number of furan rings is 1. The molecule has 3 rings (SSSR count). The van der Waals surface area contributed by atoms with E-state index in [9.17, 15) is 13.2 Å². The van der Waals surface area contributed by atoms with E-state index in [1.807, 2.05) is 19.9 Å². The minimum Gasteiger partial charge on any atom is -0.467 e. The quantitative estimate of drug-likeness (QED) is 0.629. The number of nitrogens with zero attached hydrogens (tertiary/aromatic N) is 2. The summed E-state index contributed by atoms with van der Waals surface area (Å²) in [7, 11) is -3.57. The molecular formula is C21H30N4O4S. The first-order valence-corrected chi connectivity index (χ1v) is 11.9. The second-order valence-electron chi connectivity index (χ2n) is 7.55. The Bertz CT molecular complexity index is 901. The van der Waals surface area contributed by atoms with Crippen LogP contribution in [0.1, 0.15) is 45.3 Å². The summed E-state index contributed by atoms with van der Waals surface area (Å²) in [6.07, 6.45) is 5.92. The average molecular weight is 435 g/mol. The van der Waals surface area contributed by atoms with E-state index in [2.05, 4.69) is 19.9 Å². The van der Waals surface area contributed by atoms with Gasteiger partial charge in [0, 0.05) is 31.2 Å². The molecule has 1 fully saturated rings. The summed E-state index contributed by atoms with van der Waals surface area (Å²) in [4.78, 5) is 19.0. The predicted octanol–water partition coefficient (Wildman–Crippen LogP) is 2.67. The Balaban J connectivity index is 1.52. The topological polar surface area (TPSA) is 105 Å². The Morgan fingerprint density at radius 1 is 1.23 bits per heavy atom. The zero-order valence-electron chi connectivity index (χ0n) is 17.5. The zero-order chi connectivity index (χ0) is 21.6. The van der Waals surface area contributed by atoms with Gasteiger partial charge in [0.15, 0.2) is 0 Å². The molecule has 1 saturated heterocycles. The third kappa shape index (κ3) is 5.60. The van der Waals surface area contributed by atoms with Crippen molar-refractivity contribution in [2.24, 2.45) is 5.92 Å². The van der Waals surface area contributed by atoms with Crippen molar-refractivity contribution in [1.29, 1.82) is 0 Å². The SMILES string of the molecule is CCC(CC)NS(=O)(=O)c1ccc(N2CCC(C(=O)NCc3ccco3)CC2)nc1. The van der Waals surface area contributed by atoms with Gasteiger partial charge < -0.3 is 14.6 Å². The number of pyridine rings is 1. The van der Waals surface area contributed by atoms with Crippen LogP contribution in [0.3, 0.4) is 0 Å². The van der Waals surface area contributed by atoms with Gasteiger partial charge in [-0.1, -0.05) is 13.8 Å². The number of carbonyl (C=O) groups is 1. The lowest BCUT2D eigenvalue weighted by Crippen LogP contribution is -2.40. The summed E-state index contributed by atoms with van der Waals surface area (Å²) in [6, 6.07) is 6.88. The third-order valence-corrected chi connectivity index (χ3v) is 7.05. The largest absolute Gasteiger partial charge is 0.467 e. The van der Waals surface area contributed by atoms with Crippen molar-refractivity contribution in [3.05, 3.63) is 42.5 Å². The van der Waals surface area contributed by atoms with Gasteiger partial charge in [-0.05, 0) is 49.9 Å². The first-order valence-electron chi connectivity index (χ1n) is 10.5. The smallest absolute Gasteiger partial charge is 0.242 e. The highest BCUT2D eigenvalue weighted by molar-refractivity contribution is 7.89. The Morgan fingerprint density at radius 2 is 1.97 bits per heavy atom. The van der Waals surface area contributed by atoms with E-state index in [0.29, 0.717) is 19.6 Å². The maximum atomic E-state index is 12.5. The van der Waals surface area contributed by atoms with Crippen LogP contribution in [-0.2, 0) is 21.4 Å². The Labute approximate surface area is 178 Å². The molecular weight excluding hydrogens is 404 g/mol. The van der Waals surface area contributed by atoms with E-state index in [-0.39, 0.29) is 22.8 Å². The number of aromatic nitrogens is 1. The minimum absolute atomic E-state index is 0.0351. The molecule has 0 spiro atoms. The van der Waals surface area contributed by atoms with Crippen molar-refractivity contribution in [2.45, 2.75) is 57.0 Å². The van der Waals surface area contributed by atoms with Gasteiger partial charge in [-0.2, -0.15) is 0 Å². The summed E-state index contributed by atoms with van der Waals surface area (Å²) >= 11 is 0. The van der Waals surface area contributed by atoms with Gasteiger partial charge in [-0.25, -0.2) is 18.1 Å². The molecule has 9 heteroatoms. The van der Waals surface area contributed by atoms with Crippen LogP contribution < -0.4 is 14.9 Å². The second-order valence-corrected chi connectivity index (χ2v) is 9.26. The number of rotatable bonds is 9. The lowest BCUT2D eigenvalue weighted by atomic mass is 9.96. The molecule has 164 valence electrons. The predicted molar refractivity (Wildman–Crippen MR) is 114 cm³/mol. The Morgan fingerprint density at radius 3 is 2.53 bits per heavy atom. The van der Waals surface area contributed by atoms with Crippen LogP contribution in [0.25, 0.3) is 0 Å². The number of hydrogen-bond donors (Lipinski definition) is 2. The number of nitrogens with one attached hydrogen (secondary N) is 2. The molecule has 1 aliphatic rings. The van der Waals surface area contributed by atoms with Crippen LogP contribution in [0.4, 0.5) is 5.82 Å². The molecule has 2 aromatic rings. The van der Waals surface area contributed by atoms with Gasteiger partial charge in [-0.3, -0.25) is 4.79 Å². The van der Waals surface area contributed by atoms with Gasteiger partial charge in [0.1, 0.15) is 16.5 Å². The number of anilines is 1. The van der Waals surface area contributed by atoms with E-state index < -0.39 is 10.0 Å². The summed E-state index contributed by atoms with van der Waals surface area (Å²) in [6.45, 7) is 5.71. The molecule has 0 aliphatic carbocycles.